The van der Waals surface area contributed by atoms with Crippen molar-refractivity contribution >= 4 is 29.4 Å². The molecule has 0 bridgehead atoms. The Bertz CT molecular complexity index is 747. The van der Waals surface area contributed by atoms with Crippen LogP contribution in [-0.4, -0.2) is 59.8 Å². The number of hydrogen-bond acceptors (Lipinski definition) is 5. The first-order valence-electron chi connectivity index (χ1n) is 8.13. The Morgan fingerprint density at radius 1 is 1.48 bits per heavy atom. The Labute approximate surface area is 152 Å². The molecule has 0 spiro atoms. The lowest BCUT2D eigenvalue weighted by Crippen LogP contribution is -2.47. The number of nitrogens with zero attached hydrogens (tertiary/aromatic N) is 4. The highest BCUT2D eigenvalue weighted by atomic mass is 35.5. The lowest BCUT2D eigenvalue weighted by Gasteiger charge is -2.37. The Morgan fingerprint density at radius 2 is 2.28 bits per heavy atom. The first kappa shape index (κ1) is 17.6. The van der Waals surface area contributed by atoms with E-state index in [9.17, 15) is 4.79 Å². The molecular weight excluding hydrogens is 340 g/mol. The molecule has 7 heteroatoms. The molecule has 0 radical (unpaired) electrons. The van der Waals surface area contributed by atoms with E-state index in [0.717, 1.165) is 17.0 Å². The molecule has 0 N–H and O–H groups in total. The van der Waals surface area contributed by atoms with Gasteiger partial charge in [-0.05, 0) is 36.8 Å². The molecule has 0 aliphatic carbocycles. The van der Waals surface area contributed by atoms with E-state index in [0.29, 0.717) is 25.0 Å². The van der Waals surface area contributed by atoms with Crippen LogP contribution in [0.25, 0.3) is 5.70 Å². The number of amides is 1. The molecule has 1 fully saturated rings. The van der Waals surface area contributed by atoms with Crippen LogP contribution < -0.4 is 0 Å². The zero-order chi connectivity index (χ0) is 18.0. The molecule has 0 saturated carbocycles. The molecule has 1 aromatic rings. The minimum Gasteiger partial charge on any atom is -0.370 e. The molecule has 3 heterocycles. The molecule has 0 unspecified atom stereocenters. The van der Waals surface area contributed by atoms with Crippen molar-refractivity contribution in [3.05, 3.63) is 47.3 Å². The van der Waals surface area contributed by atoms with Gasteiger partial charge in [0, 0.05) is 13.3 Å². The van der Waals surface area contributed by atoms with Gasteiger partial charge in [0.15, 0.2) is 0 Å². The normalized spacial score (nSPS) is 23.4. The zero-order valence-electron chi connectivity index (χ0n) is 14.4. The van der Waals surface area contributed by atoms with E-state index in [4.69, 9.17) is 16.3 Å². The number of rotatable bonds is 3. The van der Waals surface area contributed by atoms with Crippen molar-refractivity contribution in [3.8, 4) is 0 Å². The second kappa shape index (κ2) is 7.37. The Balaban J connectivity index is 1.90. The summed E-state index contributed by atoms with van der Waals surface area (Å²) in [5.74, 6) is -0.0906. The van der Waals surface area contributed by atoms with E-state index in [1.807, 2.05) is 31.0 Å². The fraction of sp³-hybridized carbons (Fsp3) is 0.389. The average molecular weight is 361 g/mol. The van der Waals surface area contributed by atoms with Crippen molar-refractivity contribution in [1.29, 1.82) is 0 Å². The van der Waals surface area contributed by atoms with Gasteiger partial charge in [0.25, 0.3) is 0 Å². The third-order valence-corrected chi connectivity index (χ3v) is 4.58. The smallest absolute Gasteiger partial charge is 0.246 e. The van der Waals surface area contributed by atoms with E-state index >= 15 is 0 Å². The summed E-state index contributed by atoms with van der Waals surface area (Å²) in [5, 5.41) is 0.396. The fourth-order valence-electron chi connectivity index (χ4n) is 2.99. The van der Waals surface area contributed by atoms with Crippen LogP contribution in [0, 0.1) is 0 Å². The van der Waals surface area contributed by atoms with E-state index in [-0.39, 0.29) is 18.1 Å². The number of aromatic nitrogens is 1. The molecule has 1 aromatic heterocycles. The molecule has 2 aliphatic rings. The average Bonchev–Trinajstić information content (AvgIpc) is 2.61. The van der Waals surface area contributed by atoms with Gasteiger partial charge in [-0.25, -0.2) is 4.98 Å². The number of carbonyl (C=O) groups is 1. The van der Waals surface area contributed by atoms with Crippen LogP contribution in [0.2, 0.25) is 5.15 Å². The standard InChI is InChI=1S/C18H21ClN4O2/c1-4-18(24)23-9-16(25-10-12(23)2)13-7-14(21-17(19)8-13)15-5-6-20-11-22(15)3/h4-8,12,16H,1,9-11H2,2-3H3/t12-,16-/m0/s1. The molecule has 132 valence electrons. The summed E-state index contributed by atoms with van der Waals surface area (Å²) in [6, 6.07) is 3.77. The maximum Gasteiger partial charge on any atom is 0.246 e. The summed E-state index contributed by atoms with van der Waals surface area (Å²) in [6.07, 6.45) is 4.76. The summed E-state index contributed by atoms with van der Waals surface area (Å²) in [5.41, 5.74) is 2.61. The van der Waals surface area contributed by atoms with Gasteiger partial charge >= 0.3 is 0 Å². The number of morpholine rings is 1. The van der Waals surface area contributed by atoms with Crippen LogP contribution in [-0.2, 0) is 9.53 Å². The van der Waals surface area contributed by atoms with Gasteiger partial charge in [-0.1, -0.05) is 18.2 Å². The predicted octanol–water partition coefficient (Wildman–Crippen LogP) is 2.52. The monoisotopic (exact) mass is 360 g/mol. The van der Waals surface area contributed by atoms with E-state index in [1.165, 1.54) is 6.08 Å². The van der Waals surface area contributed by atoms with Gasteiger partial charge in [-0.3, -0.25) is 9.79 Å². The maximum absolute atomic E-state index is 12.1. The molecule has 2 atom stereocenters. The van der Waals surface area contributed by atoms with Crippen LogP contribution in [0.3, 0.4) is 0 Å². The van der Waals surface area contributed by atoms with Crippen LogP contribution in [0.5, 0.6) is 0 Å². The molecule has 3 rings (SSSR count). The van der Waals surface area contributed by atoms with Gasteiger partial charge < -0.3 is 14.5 Å². The summed E-state index contributed by atoms with van der Waals surface area (Å²) in [7, 11) is 1.95. The highest BCUT2D eigenvalue weighted by Gasteiger charge is 2.30. The minimum absolute atomic E-state index is 0.0157. The third kappa shape index (κ3) is 3.75. The van der Waals surface area contributed by atoms with E-state index in [1.54, 1.807) is 17.2 Å². The van der Waals surface area contributed by atoms with Crippen molar-refractivity contribution in [2.24, 2.45) is 4.99 Å². The number of carbonyl (C=O) groups excluding carboxylic acids is 1. The summed E-state index contributed by atoms with van der Waals surface area (Å²) in [6.45, 7) is 7.04. The largest absolute Gasteiger partial charge is 0.370 e. The van der Waals surface area contributed by atoms with Gasteiger partial charge in [-0.15, -0.1) is 0 Å². The number of halogens is 1. The first-order chi connectivity index (χ1) is 12.0. The molecular formula is C18H21ClN4O2. The first-order valence-corrected chi connectivity index (χ1v) is 8.51. The molecule has 2 aliphatic heterocycles. The van der Waals surface area contributed by atoms with Crippen molar-refractivity contribution in [2.45, 2.75) is 19.1 Å². The quantitative estimate of drug-likeness (QED) is 0.614. The van der Waals surface area contributed by atoms with Gasteiger partial charge in [0.05, 0.1) is 30.6 Å². The van der Waals surface area contributed by atoms with E-state index < -0.39 is 0 Å². The van der Waals surface area contributed by atoms with Crippen molar-refractivity contribution in [2.75, 3.05) is 26.9 Å². The maximum atomic E-state index is 12.1. The fourth-order valence-corrected chi connectivity index (χ4v) is 3.21. The summed E-state index contributed by atoms with van der Waals surface area (Å²) >= 11 is 6.25. The van der Waals surface area contributed by atoms with Crippen molar-refractivity contribution in [1.82, 2.24) is 14.8 Å². The molecule has 1 amide bonds. The van der Waals surface area contributed by atoms with Crippen LogP contribution in [0.4, 0.5) is 0 Å². The molecule has 25 heavy (non-hydrogen) atoms. The van der Waals surface area contributed by atoms with Crippen LogP contribution in [0.15, 0.2) is 35.9 Å². The Morgan fingerprint density at radius 3 is 3.00 bits per heavy atom. The van der Waals surface area contributed by atoms with Crippen LogP contribution >= 0.6 is 11.6 Å². The van der Waals surface area contributed by atoms with Crippen molar-refractivity contribution < 1.29 is 9.53 Å². The topological polar surface area (TPSA) is 58.0 Å². The third-order valence-electron chi connectivity index (χ3n) is 4.38. The number of aliphatic imine (C=N–C) groups is 1. The number of allylic oxidation sites excluding steroid dienone is 1. The number of pyridine rings is 1. The summed E-state index contributed by atoms with van der Waals surface area (Å²) < 4.78 is 5.95. The number of ether oxygens (including phenoxy) is 1. The van der Waals surface area contributed by atoms with E-state index in [2.05, 4.69) is 16.6 Å². The Hall–Kier alpha value is -2.18. The lowest BCUT2D eigenvalue weighted by atomic mass is 10.0. The lowest BCUT2D eigenvalue weighted by molar-refractivity contribution is -0.139. The summed E-state index contributed by atoms with van der Waals surface area (Å²) in [4.78, 5) is 24.5. The Kier molecular flexibility index (Phi) is 5.20. The minimum atomic E-state index is -0.248. The molecule has 1 saturated heterocycles. The van der Waals surface area contributed by atoms with Gasteiger partial charge in [-0.2, -0.15) is 0 Å². The van der Waals surface area contributed by atoms with Crippen LogP contribution in [0.1, 0.15) is 24.3 Å². The second-order valence-electron chi connectivity index (χ2n) is 6.20. The predicted molar refractivity (Wildman–Crippen MR) is 98.4 cm³/mol. The van der Waals surface area contributed by atoms with Gasteiger partial charge in [0.1, 0.15) is 17.9 Å². The SMILES string of the molecule is C=CC(=O)N1C[C@@H](c2cc(Cl)nc(C3=CC=NCN3C)c2)OC[C@@H]1C. The highest BCUT2D eigenvalue weighted by molar-refractivity contribution is 6.29. The van der Waals surface area contributed by atoms with Gasteiger partial charge in [0.2, 0.25) is 5.91 Å². The zero-order valence-corrected chi connectivity index (χ0v) is 15.1. The van der Waals surface area contributed by atoms with Crippen molar-refractivity contribution in [3.63, 3.8) is 0 Å². The number of hydrogen-bond donors (Lipinski definition) is 0. The highest BCUT2D eigenvalue weighted by Crippen LogP contribution is 2.29. The second-order valence-corrected chi connectivity index (χ2v) is 6.58. The molecule has 6 nitrogen and oxygen atoms in total. The molecule has 0 aromatic carbocycles.